The molecule has 0 bridgehead atoms. The molecule has 0 radical (unpaired) electrons. The van der Waals surface area contributed by atoms with Gasteiger partial charge in [-0.2, -0.15) is 0 Å². The van der Waals surface area contributed by atoms with E-state index in [-0.39, 0.29) is 18.6 Å². The Hall–Kier alpha value is -0.340. The fourth-order valence-corrected chi connectivity index (χ4v) is 2.96. The van der Waals surface area contributed by atoms with Gasteiger partial charge in [0.1, 0.15) is 0 Å². The minimum absolute atomic E-state index is 0.0844. The molecule has 1 rings (SSSR count). The van der Waals surface area contributed by atoms with Crippen LogP contribution in [0.2, 0.25) is 0 Å². The van der Waals surface area contributed by atoms with Crippen molar-refractivity contribution < 1.29 is 10.2 Å². The monoisotopic (exact) mass is 254 g/mol. The van der Waals surface area contributed by atoms with Crippen LogP contribution < -0.4 is 0 Å². The molecule has 2 heteroatoms. The van der Waals surface area contributed by atoms with E-state index in [1.165, 1.54) is 25.7 Å². The molecule has 0 spiro atoms. The summed E-state index contributed by atoms with van der Waals surface area (Å²) in [5.41, 5.74) is 0. The number of hydrogen-bond donors (Lipinski definition) is 2. The first-order valence-electron chi connectivity index (χ1n) is 7.73. The van der Waals surface area contributed by atoms with E-state index in [1.807, 2.05) is 0 Å². The Kier molecular flexibility index (Phi) is 8.36. The highest BCUT2D eigenvalue weighted by Gasteiger charge is 2.27. The third-order valence-electron chi connectivity index (χ3n) is 4.22. The molecule has 3 unspecified atom stereocenters. The topological polar surface area (TPSA) is 40.5 Å². The number of unbranched alkanes of at least 4 members (excludes halogenated alkanes) is 4. The minimum atomic E-state index is -0.312. The summed E-state index contributed by atoms with van der Waals surface area (Å²) in [6.07, 6.45) is 14.4. The highest BCUT2D eigenvalue weighted by atomic mass is 16.3. The Balaban J connectivity index is 2.23. The van der Waals surface area contributed by atoms with E-state index < -0.39 is 0 Å². The van der Waals surface area contributed by atoms with Crippen LogP contribution in [0.4, 0.5) is 0 Å². The summed E-state index contributed by atoms with van der Waals surface area (Å²) in [5.74, 6) is 0.562. The third kappa shape index (κ3) is 5.53. The first kappa shape index (κ1) is 15.7. The second-order valence-corrected chi connectivity index (χ2v) is 5.66. The fourth-order valence-electron chi connectivity index (χ4n) is 2.96. The zero-order valence-electron chi connectivity index (χ0n) is 11.9. The summed E-state index contributed by atoms with van der Waals surface area (Å²) in [6, 6.07) is 0. The molecule has 0 aromatic heterocycles. The molecule has 1 aliphatic carbocycles. The zero-order valence-corrected chi connectivity index (χ0v) is 11.9. The number of aliphatic hydroxyl groups is 2. The summed E-state index contributed by atoms with van der Waals surface area (Å²) in [6.45, 7) is 2.35. The first-order valence-corrected chi connectivity index (χ1v) is 7.73. The van der Waals surface area contributed by atoms with Crippen LogP contribution in [0.25, 0.3) is 0 Å². The summed E-state index contributed by atoms with van der Waals surface area (Å²) in [4.78, 5) is 0. The van der Waals surface area contributed by atoms with Gasteiger partial charge < -0.3 is 10.2 Å². The van der Waals surface area contributed by atoms with E-state index >= 15 is 0 Å². The number of hydrogen-bond acceptors (Lipinski definition) is 2. The normalized spacial score (nSPS) is 22.9. The maximum absolute atomic E-state index is 10.2. The lowest BCUT2D eigenvalue weighted by atomic mass is 9.79. The van der Waals surface area contributed by atoms with Gasteiger partial charge in [-0.05, 0) is 31.6 Å². The van der Waals surface area contributed by atoms with Gasteiger partial charge in [0.2, 0.25) is 0 Å². The largest absolute Gasteiger partial charge is 0.396 e. The summed E-state index contributed by atoms with van der Waals surface area (Å²) in [5, 5.41) is 19.7. The number of allylic oxidation sites excluding steroid dienone is 2. The molecule has 3 atom stereocenters. The van der Waals surface area contributed by atoms with Crippen LogP contribution in [-0.2, 0) is 0 Å². The lowest BCUT2D eigenvalue weighted by molar-refractivity contribution is 0.0230. The maximum Gasteiger partial charge on any atom is 0.0593 e. The van der Waals surface area contributed by atoms with Crippen LogP contribution in [-0.4, -0.2) is 22.9 Å². The Labute approximate surface area is 112 Å². The van der Waals surface area contributed by atoms with Crippen LogP contribution in [0.15, 0.2) is 12.2 Å². The van der Waals surface area contributed by atoms with Gasteiger partial charge in [-0.3, -0.25) is 0 Å². The van der Waals surface area contributed by atoms with E-state index in [0.29, 0.717) is 5.92 Å². The van der Waals surface area contributed by atoms with Crippen molar-refractivity contribution >= 4 is 0 Å². The summed E-state index contributed by atoms with van der Waals surface area (Å²) < 4.78 is 0. The van der Waals surface area contributed by atoms with Crippen molar-refractivity contribution in [1.29, 1.82) is 0 Å². The van der Waals surface area contributed by atoms with Gasteiger partial charge in [0, 0.05) is 12.5 Å². The smallest absolute Gasteiger partial charge is 0.0593 e. The average Bonchev–Trinajstić information content (AvgIpc) is 2.40. The van der Waals surface area contributed by atoms with Crippen LogP contribution in [0.1, 0.15) is 64.7 Å². The van der Waals surface area contributed by atoms with Crippen molar-refractivity contribution in [2.75, 3.05) is 6.61 Å². The van der Waals surface area contributed by atoms with E-state index in [1.54, 1.807) is 0 Å². The average molecular weight is 254 g/mol. The van der Waals surface area contributed by atoms with E-state index in [4.69, 9.17) is 0 Å². The lowest BCUT2D eigenvalue weighted by Crippen LogP contribution is -2.31. The quantitative estimate of drug-likeness (QED) is 0.487. The van der Waals surface area contributed by atoms with E-state index in [2.05, 4.69) is 19.1 Å². The van der Waals surface area contributed by atoms with Gasteiger partial charge >= 0.3 is 0 Å². The van der Waals surface area contributed by atoms with Crippen molar-refractivity contribution in [3.05, 3.63) is 12.2 Å². The molecule has 2 nitrogen and oxygen atoms in total. The van der Waals surface area contributed by atoms with Crippen molar-refractivity contribution in [1.82, 2.24) is 0 Å². The van der Waals surface area contributed by atoms with Gasteiger partial charge in [-0.15, -0.1) is 0 Å². The predicted octanol–water partition coefficient (Wildman–Crippen LogP) is 3.67. The van der Waals surface area contributed by atoms with Crippen LogP contribution in [0.5, 0.6) is 0 Å². The third-order valence-corrected chi connectivity index (χ3v) is 4.22. The fraction of sp³-hybridized carbons (Fsp3) is 0.875. The van der Waals surface area contributed by atoms with Crippen molar-refractivity contribution in [3.8, 4) is 0 Å². The van der Waals surface area contributed by atoms with E-state index in [0.717, 1.165) is 32.1 Å². The molecule has 18 heavy (non-hydrogen) atoms. The summed E-state index contributed by atoms with van der Waals surface area (Å²) >= 11 is 0. The Morgan fingerprint density at radius 1 is 1.17 bits per heavy atom. The van der Waals surface area contributed by atoms with Gasteiger partial charge in [0.25, 0.3) is 0 Å². The second kappa shape index (κ2) is 9.57. The molecule has 0 fully saturated rings. The molecule has 0 saturated carbocycles. The first-order chi connectivity index (χ1) is 8.79. The standard InChI is InChI=1S/C16H30O2/c1-2-3-4-5-9-12-16(18)15(13-17)14-10-7-6-8-11-14/h6-7,14-18H,2-5,8-13H2,1H3. The van der Waals surface area contributed by atoms with Crippen LogP contribution in [0.3, 0.4) is 0 Å². The van der Waals surface area contributed by atoms with Gasteiger partial charge in [0.05, 0.1) is 6.10 Å². The lowest BCUT2D eigenvalue weighted by Gasteiger charge is -2.30. The molecular weight excluding hydrogens is 224 g/mol. The minimum Gasteiger partial charge on any atom is -0.396 e. The molecule has 0 aromatic carbocycles. The van der Waals surface area contributed by atoms with Crippen LogP contribution in [0, 0.1) is 11.8 Å². The van der Waals surface area contributed by atoms with Gasteiger partial charge in [-0.1, -0.05) is 51.2 Å². The predicted molar refractivity (Wildman–Crippen MR) is 76.4 cm³/mol. The van der Waals surface area contributed by atoms with Gasteiger partial charge in [0.15, 0.2) is 0 Å². The molecule has 106 valence electrons. The zero-order chi connectivity index (χ0) is 13.2. The van der Waals surface area contributed by atoms with E-state index in [9.17, 15) is 10.2 Å². The van der Waals surface area contributed by atoms with Crippen LogP contribution >= 0.6 is 0 Å². The van der Waals surface area contributed by atoms with Crippen molar-refractivity contribution in [2.45, 2.75) is 70.8 Å². The summed E-state index contributed by atoms with van der Waals surface area (Å²) in [7, 11) is 0. The van der Waals surface area contributed by atoms with Crippen molar-refractivity contribution in [2.24, 2.45) is 11.8 Å². The Morgan fingerprint density at radius 3 is 2.56 bits per heavy atom. The molecular formula is C16H30O2. The number of aliphatic hydroxyl groups excluding tert-OH is 2. The molecule has 0 amide bonds. The molecule has 0 saturated heterocycles. The Morgan fingerprint density at radius 2 is 1.94 bits per heavy atom. The molecule has 0 aromatic rings. The number of rotatable bonds is 9. The highest BCUT2D eigenvalue weighted by Crippen LogP contribution is 2.29. The maximum atomic E-state index is 10.2. The molecule has 0 heterocycles. The van der Waals surface area contributed by atoms with Gasteiger partial charge in [-0.25, -0.2) is 0 Å². The Bertz CT molecular complexity index is 225. The molecule has 0 aliphatic heterocycles. The molecule has 2 N–H and O–H groups in total. The second-order valence-electron chi connectivity index (χ2n) is 5.66. The van der Waals surface area contributed by atoms with Crippen molar-refractivity contribution in [3.63, 3.8) is 0 Å². The SMILES string of the molecule is CCCCCCCC(O)C(CO)C1CC=CCC1. The highest BCUT2D eigenvalue weighted by molar-refractivity contribution is 4.93. The molecule has 1 aliphatic rings.